The second-order valence-electron chi connectivity index (χ2n) is 7.10. The molecule has 0 bridgehead atoms. The third-order valence-corrected chi connectivity index (χ3v) is 6.22. The van der Waals surface area contributed by atoms with Gasteiger partial charge in [-0.05, 0) is 23.1 Å². The minimum atomic E-state index is -3.52. The number of carbonyl (C=O) groups is 1. The highest BCUT2D eigenvalue weighted by atomic mass is 32.2. The standard InChI is InChI=1S/C17H27N3O3S/c1-17(2,3)14-4-6-15(7-5-14)24(22,23)20-12-10-19(11-13-20)16(21)8-9-18/h4-7H,8-13,18H2,1-3H3. The monoisotopic (exact) mass is 353 g/mol. The van der Waals surface area contributed by atoms with E-state index in [-0.39, 0.29) is 11.3 Å². The largest absolute Gasteiger partial charge is 0.340 e. The van der Waals surface area contributed by atoms with Crippen LogP contribution < -0.4 is 5.73 Å². The summed E-state index contributed by atoms with van der Waals surface area (Å²) < 4.78 is 27.0. The van der Waals surface area contributed by atoms with E-state index in [2.05, 4.69) is 20.8 Å². The molecule has 6 nitrogen and oxygen atoms in total. The van der Waals surface area contributed by atoms with Gasteiger partial charge in [0.2, 0.25) is 15.9 Å². The molecule has 1 saturated heterocycles. The van der Waals surface area contributed by atoms with Crippen LogP contribution >= 0.6 is 0 Å². The summed E-state index contributed by atoms with van der Waals surface area (Å²) >= 11 is 0. The second-order valence-corrected chi connectivity index (χ2v) is 9.04. The molecule has 1 amide bonds. The van der Waals surface area contributed by atoms with E-state index >= 15 is 0 Å². The van der Waals surface area contributed by atoms with Crippen molar-refractivity contribution in [3.8, 4) is 0 Å². The summed E-state index contributed by atoms with van der Waals surface area (Å²) in [5.74, 6) is -0.0101. The maximum absolute atomic E-state index is 12.8. The summed E-state index contributed by atoms with van der Waals surface area (Å²) in [7, 11) is -3.52. The topological polar surface area (TPSA) is 83.7 Å². The van der Waals surface area contributed by atoms with Crippen molar-refractivity contribution in [2.75, 3.05) is 32.7 Å². The number of carbonyl (C=O) groups excluding carboxylic acids is 1. The zero-order valence-electron chi connectivity index (χ0n) is 14.7. The Labute approximate surface area is 144 Å². The quantitative estimate of drug-likeness (QED) is 0.880. The number of hydrogen-bond acceptors (Lipinski definition) is 4. The number of benzene rings is 1. The van der Waals surface area contributed by atoms with E-state index in [1.165, 1.54) is 4.31 Å². The molecule has 0 aromatic heterocycles. The average molecular weight is 353 g/mol. The summed E-state index contributed by atoms with van der Waals surface area (Å²) in [6.07, 6.45) is 0.307. The lowest BCUT2D eigenvalue weighted by atomic mass is 9.87. The first kappa shape index (κ1) is 18.9. The zero-order chi connectivity index (χ0) is 18.0. The molecule has 0 spiro atoms. The van der Waals surface area contributed by atoms with Gasteiger partial charge in [0.25, 0.3) is 0 Å². The van der Waals surface area contributed by atoms with Crippen molar-refractivity contribution in [2.45, 2.75) is 37.5 Å². The molecule has 1 aliphatic rings. The van der Waals surface area contributed by atoms with Crippen LogP contribution in [0.15, 0.2) is 29.2 Å². The predicted octanol–water partition coefficient (Wildman–Crippen LogP) is 1.17. The highest BCUT2D eigenvalue weighted by molar-refractivity contribution is 7.89. The van der Waals surface area contributed by atoms with Crippen LogP contribution in [0.2, 0.25) is 0 Å². The van der Waals surface area contributed by atoms with Gasteiger partial charge < -0.3 is 10.6 Å². The van der Waals surface area contributed by atoms with E-state index in [9.17, 15) is 13.2 Å². The van der Waals surface area contributed by atoms with Crippen LogP contribution in [0.25, 0.3) is 0 Å². The molecule has 2 rings (SSSR count). The van der Waals surface area contributed by atoms with E-state index in [1.807, 2.05) is 12.1 Å². The summed E-state index contributed by atoms with van der Waals surface area (Å²) in [5, 5.41) is 0. The van der Waals surface area contributed by atoms with Gasteiger partial charge in [0.05, 0.1) is 4.90 Å². The first-order chi connectivity index (χ1) is 11.2. The van der Waals surface area contributed by atoms with E-state index in [0.717, 1.165) is 5.56 Å². The van der Waals surface area contributed by atoms with Gasteiger partial charge >= 0.3 is 0 Å². The van der Waals surface area contributed by atoms with E-state index in [4.69, 9.17) is 5.73 Å². The number of hydrogen-bond donors (Lipinski definition) is 1. The van der Waals surface area contributed by atoms with Crippen LogP contribution in [0.4, 0.5) is 0 Å². The van der Waals surface area contributed by atoms with Crippen LogP contribution in [0.3, 0.4) is 0 Å². The fourth-order valence-corrected chi connectivity index (χ4v) is 4.16. The highest BCUT2D eigenvalue weighted by Gasteiger charge is 2.30. The Kier molecular flexibility index (Phi) is 5.67. The fraction of sp³-hybridized carbons (Fsp3) is 0.588. The summed E-state index contributed by atoms with van der Waals surface area (Å²) in [4.78, 5) is 13.8. The number of piperazine rings is 1. The van der Waals surface area contributed by atoms with Crippen molar-refractivity contribution in [2.24, 2.45) is 5.73 Å². The minimum Gasteiger partial charge on any atom is -0.340 e. The van der Waals surface area contributed by atoms with Gasteiger partial charge in [-0.1, -0.05) is 32.9 Å². The Hall–Kier alpha value is -1.44. The molecule has 1 aliphatic heterocycles. The second kappa shape index (κ2) is 7.21. The predicted molar refractivity (Wildman–Crippen MR) is 94.2 cm³/mol. The van der Waals surface area contributed by atoms with Crippen molar-refractivity contribution in [3.05, 3.63) is 29.8 Å². The van der Waals surface area contributed by atoms with Crippen LogP contribution in [-0.4, -0.2) is 56.3 Å². The summed E-state index contributed by atoms with van der Waals surface area (Å²) in [6, 6.07) is 7.07. The average Bonchev–Trinajstić information content (AvgIpc) is 2.54. The van der Waals surface area contributed by atoms with Gasteiger partial charge in [-0.25, -0.2) is 8.42 Å². The number of amides is 1. The molecule has 1 fully saturated rings. The van der Waals surface area contributed by atoms with Crippen molar-refractivity contribution in [3.63, 3.8) is 0 Å². The Balaban J connectivity index is 2.08. The highest BCUT2D eigenvalue weighted by Crippen LogP contribution is 2.25. The normalized spacial score (nSPS) is 17.1. The van der Waals surface area contributed by atoms with Gasteiger partial charge in [0.15, 0.2) is 0 Å². The molecular weight excluding hydrogens is 326 g/mol. The Bertz CT molecular complexity index is 670. The molecule has 0 aliphatic carbocycles. The van der Waals surface area contributed by atoms with Crippen molar-refractivity contribution >= 4 is 15.9 Å². The first-order valence-electron chi connectivity index (χ1n) is 8.25. The lowest BCUT2D eigenvalue weighted by molar-refractivity contribution is -0.132. The molecular formula is C17H27N3O3S. The van der Waals surface area contributed by atoms with Crippen molar-refractivity contribution in [1.29, 1.82) is 0 Å². The smallest absolute Gasteiger partial charge is 0.243 e. The SMILES string of the molecule is CC(C)(C)c1ccc(S(=O)(=O)N2CCN(C(=O)CCN)CC2)cc1. The van der Waals surface area contributed by atoms with Gasteiger partial charge in [-0.2, -0.15) is 4.31 Å². The molecule has 0 radical (unpaired) electrons. The maximum Gasteiger partial charge on any atom is 0.243 e. The summed E-state index contributed by atoms with van der Waals surface area (Å²) in [5.41, 5.74) is 6.48. The van der Waals surface area contributed by atoms with Crippen LogP contribution in [0.5, 0.6) is 0 Å². The van der Waals surface area contributed by atoms with E-state index < -0.39 is 10.0 Å². The van der Waals surface area contributed by atoms with Crippen LogP contribution in [0.1, 0.15) is 32.8 Å². The summed E-state index contributed by atoms with van der Waals surface area (Å²) in [6.45, 7) is 8.06. The van der Waals surface area contributed by atoms with E-state index in [0.29, 0.717) is 44.0 Å². The number of sulfonamides is 1. The van der Waals surface area contributed by atoms with Crippen molar-refractivity contribution < 1.29 is 13.2 Å². The molecule has 2 N–H and O–H groups in total. The zero-order valence-corrected chi connectivity index (χ0v) is 15.5. The van der Waals surface area contributed by atoms with Gasteiger partial charge in [0.1, 0.15) is 0 Å². The Morgan fingerprint density at radius 2 is 1.62 bits per heavy atom. The molecule has 1 aromatic carbocycles. The van der Waals surface area contributed by atoms with Gasteiger partial charge in [-0.3, -0.25) is 4.79 Å². The lowest BCUT2D eigenvalue weighted by Gasteiger charge is -2.34. The third kappa shape index (κ3) is 4.15. The van der Waals surface area contributed by atoms with Gasteiger partial charge in [-0.15, -0.1) is 0 Å². The first-order valence-corrected chi connectivity index (χ1v) is 9.69. The van der Waals surface area contributed by atoms with Crippen LogP contribution in [0, 0.1) is 0 Å². The fourth-order valence-electron chi connectivity index (χ4n) is 2.74. The molecule has 0 unspecified atom stereocenters. The third-order valence-electron chi connectivity index (χ3n) is 4.31. The number of rotatable bonds is 4. The molecule has 1 aromatic rings. The maximum atomic E-state index is 12.8. The molecule has 0 atom stereocenters. The van der Waals surface area contributed by atoms with Crippen molar-refractivity contribution in [1.82, 2.24) is 9.21 Å². The lowest BCUT2D eigenvalue weighted by Crippen LogP contribution is -2.50. The Morgan fingerprint density at radius 1 is 1.08 bits per heavy atom. The van der Waals surface area contributed by atoms with E-state index in [1.54, 1.807) is 17.0 Å². The molecule has 0 saturated carbocycles. The molecule has 1 heterocycles. The minimum absolute atomic E-state index is 0.0101. The number of nitrogens with zero attached hydrogens (tertiary/aromatic N) is 2. The van der Waals surface area contributed by atoms with Gasteiger partial charge in [0, 0.05) is 39.1 Å². The van der Waals surface area contributed by atoms with Crippen LogP contribution in [-0.2, 0) is 20.2 Å². The molecule has 24 heavy (non-hydrogen) atoms. The molecule has 7 heteroatoms. The number of nitrogens with two attached hydrogens (primary N) is 1. The molecule has 134 valence electrons. The Morgan fingerprint density at radius 3 is 2.08 bits per heavy atom.